The van der Waals surface area contributed by atoms with Gasteiger partial charge in [-0.3, -0.25) is 19.0 Å². The lowest BCUT2D eigenvalue weighted by molar-refractivity contribution is -0.137. The summed E-state index contributed by atoms with van der Waals surface area (Å²) in [6, 6.07) is 10.1. The molecule has 10 heteroatoms. The summed E-state index contributed by atoms with van der Waals surface area (Å²) in [6.45, 7) is 3.91. The molecule has 1 amide bonds. The molecule has 184 valence electrons. The van der Waals surface area contributed by atoms with Crippen LogP contribution in [0.4, 0.5) is 18.9 Å². The van der Waals surface area contributed by atoms with Gasteiger partial charge in [0.15, 0.2) is 5.78 Å². The van der Waals surface area contributed by atoms with E-state index in [0.29, 0.717) is 42.6 Å². The summed E-state index contributed by atoms with van der Waals surface area (Å²) in [5, 5.41) is 0.398. The van der Waals surface area contributed by atoms with Crippen LogP contribution in [-0.2, 0) is 28.7 Å². The van der Waals surface area contributed by atoms with Crippen LogP contribution in [0.1, 0.15) is 24.5 Å². The van der Waals surface area contributed by atoms with Crippen LogP contribution < -0.4 is 10.5 Å². The van der Waals surface area contributed by atoms with Gasteiger partial charge in [-0.2, -0.15) is 13.2 Å². The number of carbonyl (C=O) groups excluding carboxylic acids is 2. The van der Waals surface area contributed by atoms with E-state index in [1.807, 2.05) is 6.07 Å². The van der Waals surface area contributed by atoms with E-state index in [1.165, 1.54) is 23.0 Å². The zero-order chi connectivity index (χ0) is 25.2. The number of piperazine rings is 1. The van der Waals surface area contributed by atoms with Crippen molar-refractivity contribution in [1.29, 1.82) is 0 Å². The van der Waals surface area contributed by atoms with Crippen molar-refractivity contribution in [3.63, 3.8) is 0 Å². The van der Waals surface area contributed by atoms with Crippen LogP contribution in [0.5, 0.6) is 0 Å². The molecule has 0 unspecified atom stereocenters. The molecule has 0 radical (unpaired) electrons. The van der Waals surface area contributed by atoms with Crippen molar-refractivity contribution in [2.24, 2.45) is 0 Å². The van der Waals surface area contributed by atoms with Crippen LogP contribution in [0.25, 0.3) is 10.9 Å². The Morgan fingerprint density at radius 3 is 2.31 bits per heavy atom. The molecular formula is C25H25F3N4O3. The van der Waals surface area contributed by atoms with Crippen molar-refractivity contribution in [3.8, 4) is 0 Å². The number of fused-ring (bicyclic) bond motifs is 1. The molecule has 1 aliphatic rings. The van der Waals surface area contributed by atoms with Gasteiger partial charge in [0, 0.05) is 45.2 Å². The van der Waals surface area contributed by atoms with Gasteiger partial charge < -0.3 is 9.80 Å². The summed E-state index contributed by atoms with van der Waals surface area (Å²) in [5.74, 6) is -0.178. The van der Waals surface area contributed by atoms with E-state index in [2.05, 4.69) is 9.88 Å². The van der Waals surface area contributed by atoms with Gasteiger partial charge in [-0.15, -0.1) is 0 Å². The standard InChI is InChI=1S/C25H25F3N4O3/c1-17(33)30-10-12-31(13-11-30)20-7-9-23-22(14-20)24(35)32(16-29-23)15-21(34)8-4-18-2-5-19(6-3-18)25(26,27)28/h2-3,5-7,9,14,16H,4,8,10-13,15H2,1H3. The first-order chi connectivity index (χ1) is 16.6. The van der Waals surface area contributed by atoms with Crippen LogP contribution in [0.2, 0.25) is 0 Å². The number of amides is 1. The van der Waals surface area contributed by atoms with Gasteiger partial charge >= 0.3 is 6.18 Å². The summed E-state index contributed by atoms with van der Waals surface area (Å²) >= 11 is 0. The lowest BCUT2D eigenvalue weighted by Gasteiger charge is -2.35. The molecule has 1 aliphatic heterocycles. The fraction of sp³-hybridized carbons (Fsp3) is 0.360. The second-order valence-corrected chi connectivity index (χ2v) is 8.61. The van der Waals surface area contributed by atoms with Crippen LogP contribution >= 0.6 is 0 Å². The SMILES string of the molecule is CC(=O)N1CCN(c2ccc3ncn(CC(=O)CCc4ccc(C(F)(F)F)cc4)c(=O)c3c2)CC1. The minimum atomic E-state index is -4.40. The predicted octanol–water partition coefficient (Wildman–Crippen LogP) is 3.29. The fourth-order valence-corrected chi connectivity index (χ4v) is 4.15. The molecule has 1 saturated heterocycles. The second-order valence-electron chi connectivity index (χ2n) is 8.61. The Morgan fingerprint density at radius 1 is 1.00 bits per heavy atom. The van der Waals surface area contributed by atoms with E-state index in [9.17, 15) is 27.6 Å². The average Bonchev–Trinajstić information content (AvgIpc) is 2.84. The molecule has 0 saturated carbocycles. The number of nitrogens with zero attached hydrogens (tertiary/aromatic N) is 4. The highest BCUT2D eigenvalue weighted by molar-refractivity contribution is 5.83. The Labute approximate surface area is 199 Å². The molecule has 4 rings (SSSR count). The minimum absolute atomic E-state index is 0.0400. The van der Waals surface area contributed by atoms with E-state index in [1.54, 1.807) is 24.0 Å². The lowest BCUT2D eigenvalue weighted by Crippen LogP contribution is -2.48. The quantitative estimate of drug-likeness (QED) is 0.535. The number of carbonyl (C=O) groups is 2. The molecule has 7 nitrogen and oxygen atoms in total. The number of halogens is 3. The number of aromatic nitrogens is 2. The highest BCUT2D eigenvalue weighted by Gasteiger charge is 2.29. The van der Waals surface area contributed by atoms with Crippen molar-refractivity contribution in [1.82, 2.24) is 14.5 Å². The van der Waals surface area contributed by atoms with Gasteiger partial charge in [-0.1, -0.05) is 12.1 Å². The van der Waals surface area contributed by atoms with Gasteiger partial charge in [-0.25, -0.2) is 4.98 Å². The Morgan fingerprint density at radius 2 is 1.69 bits per heavy atom. The molecule has 3 aromatic rings. The maximum Gasteiger partial charge on any atom is 0.416 e. The molecule has 1 aromatic heterocycles. The molecular weight excluding hydrogens is 461 g/mol. The van der Waals surface area contributed by atoms with E-state index in [-0.39, 0.29) is 36.6 Å². The van der Waals surface area contributed by atoms with E-state index in [4.69, 9.17) is 0 Å². The Balaban J connectivity index is 1.43. The van der Waals surface area contributed by atoms with Gasteiger partial charge in [0.05, 0.1) is 29.3 Å². The third-order valence-electron chi connectivity index (χ3n) is 6.22. The van der Waals surface area contributed by atoms with E-state index >= 15 is 0 Å². The van der Waals surface area contributed by atoms with Crippen molar-refractivity contribution in [3.05, 3.63) is 70.3 Å². The summed E-state index contributed by atoms with van der Waals surface area (Å²) in [5.41, 5.74) is 0.925. The van der Waals surface area contributed by atoms with Crippen molar-refractivity contribution in [2.45, 2.75) is 32.5 Å². The summed E-state index contributed by atoms with van der Waals surface area (Å²) in [6.07, 6.45) is -2.69. The number of ketones is 1. The van der Waals surface area contributed by atoms with Gasteiger partial charge in [0.25, 0.3) is 5.56 Å². The molecule has 0 atom stereocenters. The molecule has 2 heterocycles. The third kappa shape index (κ3) is 5.70. The minimum Gasteiger partial charge on any atom is -0.368 e. The number of benzene rings is 2. The maximum absolute atomic E-state index is 13.0. The number of hydrogen-bond acceptors (Lipinski definition) is 5. The second kappa shape index (κ2) is 9.89. The third-order valence-corrected chi connectivity index (χ3v) is 6.22. The molecule has 0 bridgehead atoms. The van der Waals surface area contributed by atoms with E-state index in [0.717, 1.165) is 17.8 Å². The number of hydrogen-bond donors (Lipinski definition) is 0. The first-order valence-electron chi connectivity index (χ1n) is 11.3. The van der Waals surface area contributed by atoms with Crippen LogP contribution in [0, 0.1) is 0 Å². The largest absolute Gasteiger partial charge is 0.416 e. The van der Waals surface area contributed by atoms with Gasteiger partial charge in [0.1, 0.15) is 0 Å². The van der Waals surface area contributed by atoms with Crippen molar-refractivity contribution in [2.75, 3.05) is 31.1 Å². The number of Topliss-reactive ketones (excluding diaryl/α,β-unsaturated/α-hetero) is 1. The molecule has 0 spiro atoms. The highest BCUT2D eigenvalue weighted by Crippen LogP contribution is 2.29. The Hall–Kier alpha value is -3.69. The maximum atomic E-state index is 13.0. The predicted molar refractivity (Wildman–Crippen MR) is 125 cm³/mol. The van der Waals surface area contributed by atoms with Crippen LogP contribution in [-0.4, -0.2) is 52.3 Å². The fourth-order valence-electron chi connectivity index (χ4n) is 4.15. The molecule has 0 aliphatic carbocycles. The van der Waals surface area contributed by atoms with Crippen molar-refractivity contribution >= 4 is 28.3 Å². The Kier molecular flexibility index (Phi) is 6.90. The van der Waals surface area contributed by atoms with Crippen molar-refractivity contribution < 1.29 is 22.8 Å². The smallest absolute Gasteiger partial charge is 0.368 e. The number of alkyl halides is 3. The summed E-state index contributed by atoms with van der Waals surface area (Å²) < 4.78 is 39.3. The molecule has 35 heavy (non-hydrogen) atoms. The zero-order valence-electron chi connectivity index (χ0n) is 19.2. The number of rotatable bonds is 6. The summed E-state index contributed by atoms with van der Waals surface area (Å²) in [4.78, 5) is 45.3. The number of aryl methyl sites for hydroxylation is 1. The summed E-state index contributed by atoms with van der Waals surface area (Å²) in [7, 11) is 0. The lowest BCUT2D eigenvalue weighted by atomic mass is 10.1. The van der Waals surface area contributed by atoms with Gasteiger partial charge in [-0.05, 0) is 42.3 Å². The van der Waals surface area contributed by atoms with Crippen LogP contribution in [0.15, 0.2) is 53.6 Å². The first kappa shape index (κ1) is 24.4. The molecule has 1 fully saturated rings. The first-order valence-corrected chi connectivity index (χ1v) is 11.3. The normalized spacial score (nSPS) is 14.4. The monoisotopic (exact) mass is 486 g/mol. The number of anilines is 1. The molecule has 0 N–H and O–H groups in total. The van der Waals surface area contributed by atoms with Gasteiger partial charge in [0.2, 0.25) is 5.91 Å². The van der Waals surface area contributed by atoms with E-state index < -0.39 is 11.7 Å². The Bertz CT molecular complexity index is 1290. The highest BCUT2D eigenvalue weighted by atomic mass is 19.4. The zero-order valence-corrected chi connectivity index (χ0v) is 19.2. The molecule has 2 aromatic carbocycles. The topological polar surface area (TPSA) is 75.5 Å². The average molecular weight is 486 g/mol. The van der Waals surface area contributed by atoms with Crippen LogP contribution in [0.3, 0.4) is 0 Å².